The summed E-state index contributed by atoms with van der Waals surface area (Å²) in [5.74, 6) is 0.765. The van der Waals surface area contributed by atoms with E-state index in [1.54, 1.807) is 23.2 Å². The number of hydrogen-bond acceptors (Lipinski definition) is 6. The standard InChI is InChI=1S/C19H21N5O2/c25-17-10-13-4-1-2-6-16(13)22-24(17)12-15-5-3-8-23(15)19-18-14(7-9-26-18)11-20-21-19/h7,9-11,15H,1-6,8,12H2. The van der Waals surface area contributed by atoms with E-state index >= 15 is 0 Å². The first-order valence-electron chi connectivity index (χ1n) is 9.35. The van der Waals surface area contributed by atoms with Crippen molar-refractivity contribution in [2.45, 2.75) is 51.1 Å². The zero-order valence-electron chi connectivity index (χ0n) is 14.6. The van der Waals surface area contributed by atoms with Crippen LogP contribution in [0.2, 0.25) is 0 Å². The largest absolute Gasteiger partial charge is 0.460 e. The first kappa shape index (κ1) is 15.5. The molecule has 0 aromatic carbocycles. The molecule has 1 atom stereocenters. The number of aryl methyl sites for hydroxylation is 2. The Morgan fingerprint density at radius 2 is 2.15 bits per heavy atom. The van der Waals surface area contributed by atoms with Crippen molar-refractivity contribution in [1.82, 2.24) is 20.0 Å². The highest BCUT2D eigenvalue weighted by molar-refractivity contribution is 5.86. The number of aromatic nitrogens is 4. The SMILES string of the molecule is O=c1cc2c(nn1CC1CCCN1c1nncc3ccoc13)CCCC2. The van der Waals surface area contributed by atoms with Crippen molar-refractivity contribution in [1.29, 1.82) is 0 Å². The summed E-state index contributed by atoms with van der Waals surface area (Å²) in [7, 11) is 0. The molecule has 5 rings (SSSR count). The lowest BCUT2D eigenvalue weighted by atomic mass is 9.97. The number of nitrogens with zero attached hydrogens (tertiary/aromatic N) is 5. The predicted octanol–water partition coefficient (Wildman–Crippen LogP) is 2.33. The van der Waals surface area contributed by atoms with Gasteiger partial charge in [-0.1, -0.05) is 0 Å². The summed E-state index contributed by atoms with van der Waals surface area (Å²) in [4.78, 5) is 14.7. The third kappa shape index (κ3) is 2.58. The topological polar surface area (TPSA) is 77.1 Å². The minimum absolute atomic E-state index is 0.000193. The molecule has 0 N–H and O–H groups in total. The summed E-state index contributed by atoms with van der Waals surface area (Å²) < 4.78 is 7.27. The Balaban J connectivity index is 1.47. The molecule has 1 fully saturated rings. The Kier molecular flexibility index (Phi) is 3.72. The molecule has 134 valence electrons. The molecule has 7 nitrogen and oxygen atoms in total. The molecule has 7 heteroatoms. The zero-order valence-corrected chi connectivity index (χ0v) is 14.6. The highest BCUT2D eigenvalue weighted by Crippen LogP contribution is 2.30. The minimum Gasteiger partial charge on any atom is -0.460 e. The van der Waals surface area contributed by atoms with Gasteiger partial charge in [-0.3, -0.25) is 4.79 Å². The summed E-state index contributed by atoms with van der Waals surface area (Å²) in [6.45, 7) is 1.46. The fourth-order valence-electron chi connectivity index (χ4n) is 4.22. The molecule has 26 heavy (non-hydrogen) atoms. The van der Waals surface area contributed by atoms with Crippen molar-refractivity contribution >= 4 is 16.8 Å². The van der Waals surface area contributed by atoms with Gasteiger partial charge in [0, 0.05) is 18.0 Å². The highest BCUT2D eigenvalue weighted by Gasteiger charge is 2.29. The van der Waals surface area contributed by atoms with Crippen molar-refractivity contribution < 1.29 is 4.42 Å². The molecule has 0 bridgehead atoms. The summed E-state index contributed by atoms with van der Waals surface area (Å²) in [6, 6.07) is 3.86. The van der Waals surface area contributed by atoms with Gasteiger partial charge in [-0.2, -0.15) is 10.2 Å². The van der Waals surface area contributed by atoms with Gasteiger partial charge in [-0.25, -0.2) is 4.68 Å². The van der Waals surface area contributed by atoms with Gasteiger partial charge in [0.25, 0.3) is 5.56 Å². The molecule has 1 unspecified atom stereocenters. The van der Waals surface area contributed by atoms with Crippen molar-refractivity contribution in [2.24, 2.45) is 0 Å². The van der Waals surface area contributed by atoms with Gasteiger partial charge in [-0.15, -0.1) is 5.10 Å². The third-order valence-corrected chi connectivity index (χ3v) is 5.55. The van der Waals surface area contributed by atoms with E-state index in [4.69, 9.17) is 4.42 Å². The Morgan fingerprint density at radius 3 is 3.12 bits per heavy atom. The van der Waals surface area contributed by atoms with Gasteiger partial charge >= 0.3 is 0 Å². The fraction of sp³-hybridized carbons (Fsp3) is 0.474. The van der Waals surface area contributed by atoms with Crippen LogP contribution < -0.4 is 10.5 Å². The second kappa shape index (κ2) is 6.23. The van der Waals surface area contributed by atoms with Crippen molar-refractivity contribution in [2.75, 3.05) is 11.4 Å². The zero-order chi connectivity index (χ0) is 17.5. The molecule has 2 aliphatic rings. The van der Waals surface area contributed by atoms with E-state index in [2.05, 4.69) is 20.2 Å². The van der Waals surface area contributed by atoms with Crippen LogP contribution in [0.1, 0.15) is 36.9 Å². The molecule has 0 radical (unpaired) electrons. The number of fused-ring (bicyclic) bond motifs is 2. The van der Waals surface area contributed by atoms with Gasteiger partial charge in [0.1, 0.15) is 0 Å². The van der Waals surface area contributed by atoms with E-state index in [0.29, 0.717) is 6.54 Å². The van der Waals surface area contributed by atoms with Gasteiger partial charge in [0.2, 0.25) is 0 Å². The van der Waals surface area contributed by atoms with E-state index in [9.17, 15) is 4.79 Å². The maximum Gasteiger partial charge on any atom is 0.267 e. The molecule has 4 heterocycles. The Bertz CT molecular complexity index is 1010. The van der Waals surface area contributed by atoms with Crippen LogP contribution >= 0.6 is 0 Å². The van der Waals surface area contributed by atoms with Crippen LogP contribution in [0.25, 0.3) is 11.0 Å². The molecule has 3 aromatic rings. The summed E-state index contributed by atoms with van der Waals surface area (Å²) >= 11 is 0. The lowest BCUT2D eigenvalue weighted by Gasteiger charge is -2.26. The highest BCUT2D eigenvalue weighted by atomic mass is 16.3. The summed E-state index contributed by atoms with van der Waals surface area (Å²) in [6.07, 6.45) is 9.70. The number of rotatable bonds is 3. The van der Waals surface area contributed by atoms with Crippen LogP contribution in [0.15, 0.2) is 33.8 Å². The average Bonchev–Trinajstić information content (AvgIpc) is 3.31. The molecule has 1 saturated heterocycles. The lowest BCUT2D eigenvalue weighted by molar-refractivity contribution is 0.471. The first-order chi connectivity index (χ1) is 12.8. The summed E-state index contributed by atoms with van der Waals surface area (Å²) in [5.41, 5.74) is 2.98. The van der Waals surface area contributed by atoms with E-state index in [1.165, 1.54) is 0 Å². The Hall–Kier alpha value is -2.70. The van der Waals surface area contributed by atoms with Crippen molar-refractivity contribution in [3.05, 3.63) is 46.2 Å². The quantitative estimate of drug-likeness (QED) is 0.721. The fourth-order valence-corrected chi connectivity index (χ4v) is 4.22. The molecule has 3 aromatic heterocycles. The third-order valence-electron chi connectivity index (χ3n) is 5.55. The second-order valence-corrected chi connectivity index (χ2v) is 7.21. The van der Waals surface area contributed by atoms with Gasteiger partial charge < -0.3 is 9.32 Å². The van der Waals surface area contributed by atoms with E-state index < -0.39 is 0 Å². The summed E-state index contributed by atoms with van der Waals surface area (Å²) in [5, 5.41) is 14.1. The molecule has 1 aliphatic carbocycles. The number of anilines is 1. The first-order valence-corrected chi connectivity index (χ1v) is 9.35. The molecule has 0 spiro atoms. The number of hydrogen-bond donors (Lipinski definition) is 0. The van der Waals surface area contributed by atoms with Crippen molar-refractivity contribution in [3.63, 3.8) is 0 Å². The maximum atomic E-state index is 12.5. The minimum atomic E-state index is -0.000193. The van der Waals surface area contributed by atoms with Crippen LogP contribution in [-0.2, 0) is 19.4 Å². The van der Waals surface area contributed by atoms with Gasteiger partial charge in [-0.05, 0) is 50.2 Å². The van der Waals surface area contributed by atoms with E-state index in [-0.39, 0.29) is 11.6 Å². The Labute approximate surface area is 150 Å². The van der Waals surface area contributed by atoms with Crippen LogP contribution in [0.3, 0.4) is 0 Å². The molecular formula is C19H21N5O2. The van der Waals surface area contributed by atoms with Crippen LogP contribution in [0.5, 0.6) is 0 Å². The molecular weight excluding hydrogens is 330 g/mol. The lowest BCUT2D eigenvalue weighted by Crippen LogP contribution is -2.38. The molecule has 0 saturated carbocycles. The van der Waals surface area contributed by atoms with Crippen LogP contribution in [0.4, 0.5) is 5.82 Å². The number of furan rings is 1. The van der Waals surface area contributed by atoms with Gasteiger partial charge in [0.05, 0.1) is 30.7 Å². The van der Waals surface area contributed by atoms with E-state index in [0.717, 1.165) is 73.1 Å². The predicted molar refractivity (Wildman–Crippen MR) is 97.3 cm³/mol. The smallest absolute Gasteiger partial charge is 0.267 e. The monoisotopic (exact) mass is 351 g/mol. The second-order valence-electron chi connectivity index (χ2n) is 7.21. The molecule has 1 aliphatic heterocycles. The molecule has 0 amide bonds. The van der Waals surface area contributed by atoms with Crippen LogP contribution in [0, 0.1) is 0 Å². The van der Waals surface area contributed by atoms with Crippen LogP contribution in [-0.4, -0.2) is 32.6 Å². The maximum absolute atomic E-state index is 12.5. The van der Waals surface area contributed by atoms with Crippen molar-refractivity contribution in [3.8, 4) is 0 Å². The Morgan fingerprint density at radius 1 is 1.23 bits per heavy atom. The van der Waals surface area contributed by atoms with E-state index in [1.807, 2.05) is 6.07 Å². The van der Waals surface area contributed by atoms with Gasteiger partial charge in [0.15, 0.2) is 11.4 Å². The average molecular weight is 351 g/mol. The normalized spacial score (nSPS) is 19.8.